The summed E-state index contributed by atoms with van der Waals surface area (Å²) in [7, 11) is 0. The molecular weight excluding hydrogens is 222 g/mol. The first-order valence-corrected chi connectivity index (χ1v) is 7.36. The topological polar surface area (TPSA) is 21.3 Å². The van der Waals surface area contributed by atoms with Crippen molar-refractivity contribution in [3.05, 3.63) is 24.3 Å². The van der Waals surface area contributed by atoms with Crippen LogP contribution in [0.25, 0.3) is 0 Å². The molecule has 2 saturated carbocycles. The van der Waals surface area contributed by atoms with Gasteiger partial charge in [-0.2, -0.15) is 0 Å². The maximum Gasteiger partial charge on any atom is 0.119 e. The third-order valence-corrected chi connectivity index (χ3v) is 4.26. The van der Waals surface area contributed by atoms with Crippen LogP contribution >= 0.6 is 0 Å². The van der Waals surface area contributed by atoms with Gasteiger partial charge in [0.15, 0.2) is 0 Å². The van der Waals surface area contributed by atoms with E-state index in [1.54, 1.807) is 0 Å². The predicted octanol–water partition coefficient (Wildman–Crippen LogP) is 4.08. The lowest BCUT2D eigenvalue weighted by atomic mass is 9.95. The van der Waals surface area contributed by atoms with Gasteiger partial charge >= 0.3 is 0 Å². The Morgan fingerprint density at radius 3 is 2.83 bits per heavy atom. The summed E-state index contributed by atoms with van der Waals surface area (Å²) in [5.41, 5.74) is 1.25. The highest BCUT2D eigenvalue weighted by atomic mass is 16.5. The maximum absolute atomic E-state index is 5.60. The van der Waals surface area contributed by atoms with E-state index in [-0.39, 0.29) is 0 Å². The van der Waals surface area contributed by atoms with E-state index in [1.807, 2.05) is 0 Å². The molecule has 98 valence electrons. The fourth-order valence-electron chi connectivity index (χ4n) is 3.17. The molecule has 2 nitrogen and oxygen atoms in total. The monoisotopic (exact) mass is 245 g/mol. The number of rotatable bonds is 5. The number of ether oxygens (including phenoxy) is 1. The van der Waals surface area contributed by atoms with Gasteiger partial charge in [-0.15, -0.1) is 0 Å². The van der Waals surface area contributed by atoms with Crippen LogP contribution in [-0.2, 0) is 0 Å². The zero-order chi connectivity index (χ0) is 12.4. The second-order valence-corrected chi connectivity index (χ2v) is 5.71. The molecule has 0 bridgehead atoms. The second-order valence-electron chi connectivity index (χ2n) is 5.71. The standard InChI is InChI=1S/C16H23NO/c1-2-10-18-14-8-6-13(7-9-14)17-16-5-3-4-12-11-15(12)16/h6-9,12,15-17H,2-5,10-11H2,1H3. The lowest BCUT2D eigenvalue weighted by molar-refractivity contribution is 0.317. The normalized spacial score (nSPS) is 29.5. The van der Waals surface area contributed by atoms with Crippen LogP contribution in [0.5, 0.6) is 5.75 Å². The Hall–Kier alpha value is -1.18. The van der Waals surface area contributed by atoms with Gasteiger partial charge in [0.2, 0.25) is 0 Å². The van der Waals surface area contributed by atoms with E-state index in [2.05, 4.69) is 36.5 Å². The van der Waals surface area contributed by atoms with Gasteiger partial charge < -0.3 is 10.1 Å². The SMILES string of the molecule is CCCOc1ccc(NC2CCCC3CC32)cc1. The lowest BCUT2D eigenvalue weighted by Gasteiger charge is -2.23. The highest BCUT2D eigenvalue weighted by molar-refractivity contribution is 5.47. The van der Waals surface area contributed by atoms with Crippen molar-refractivity contribution in [3.8, 4) is 5.75 Å². The van der Waals surface area contributed by atoms with Crippen LogP contribution < -0.4 is 10.1 Å². The summed E-state index contributed by atoms with van der Waals surface area (Å²) in [5.74, 6) is 2.97. The van der Waals surface area contributed by atoms with Crippen LogP contribution in [0.15, 0.2) is 24.3 Å². The van der Waals surface area contributed by atoms with Crippen LogP contribution in [0.2, 0.25) is 0 Å². The third kappa shape index (κ3) is 2.63. The largest absolute Gasteiger partial charge is 0.494 e. The van der Waals surface area contributed by atoms with Crippen molar-refractivity contribution in [2.45, 2.75) is 45.1 Å². The Morgan fingerprint density at radius 2 is 2.06 bits per heavy atom. The maximum atomic E-state index is 5.60. The highest BCUT2D eigenvalue weighted by Crippen LogP contribution is 2.50. The zero-order valence-corrected chi connectivity index (χ0v) is 11.2. The van der Waals surface area contributed by atoms with Crippen molar-refractivity contribution in [1.29, 1.82) is 0 Å². The van der Waals surface area contributed by atoms with Crippen LogP contribution in [0, 0.1) is 11.8 Å². The van der Waals surface area contributed by atoms with Gasteiger partial charge in [-0.1, -0.05) is 19.8 Å². The number of nitrogens with one attached hydrogen (secondary N) is 1. The van der Waals surface area contributed by atoms with Crippen molar-refractivity contribution in [2.75, 3.05) is 11.9 Å². The summed E-state index contributed by atoms with van der Waals surface area (Å²) in [5, 5.41) is 3.70. The van der Waals surface area contributed by atoms with E-state index >= 15 is 0 Å². The van der Waals surface area contributed by atoms with E-state index in [0.717, 1.165) is 30.6 Å². The van der Waals surface area contributed by atoms with Crippen molar-refractivity contribution in [1.82, 2.24) is 0 Å². The van der Waals surface area contributed by atoms with E-state index in [4.69, 9.17) is 4.74 Å². The molecule has 0 amide bonds. The van der Waals surface area contributed by atoms with Gasteiger partial charge in [-0.3, -0.25) is 0 Å². The van der Waals surface area contributed by atoms with Crippen molar-refractivity contribution in [2.24, 2.45) is 11.8 Å². The molecule has 18 heavy (non-hydrogen) atoms. The number of anilines is 1. The fraction of sp³-hybridized carbons (Fsp3) is 0.625. The second kappa shape index (κ2) is 5.21. The van der Waals surface area contributed by atoms with Crippen LogP contribution in [0.3, 0.4) is 0 Å². The molecule has 0 saturated heterocycles. The molecule has 3 unspecified atom stereocenters. The molecule has 3 rings (SSSR count). The van der Waals surface area contributed by atoms with Gasteiger partial charge in [0.05, 0.1) is 6.61 Å². The van der Waals surface area contributed by atoms with E-state index < -0.39 is 0 Å². The lowest BCUT2D eigenvalue weighted by Crippen LogP contribution is -2.25. The highest BCUT2D eigenvalue weighted by Gasteiger charge is 2.44. The smallest absolute Gasteiger partial charge is 0.119 e. The Bertz CT molecular complexity index is 387. The molecule has 0 aromatic heterocycles. The van der Waals surface area contributed by atoms with Crippen LogP contribution in [-0.4, -0.2) is 12.6 Å². The van der Waals surface area contributed by atoms with Gasteiger partial charge in [-0.25, -0.2) is 0 Å². The minimum absolute atomic E-state index is 0.714. The van der Waals surface area contributed by atoms with Crippen LogP contribution in [0.1, 0.15) is 39.0 Å². The Kier molecular flexibility index (Phi) is 3.44. The number of hydrogen-bond acceptors (Lipinski definition) is 2. The molecule has 2 aliphatic rings. The molecule has 0 heterocycles. The zero-order valence-electron chi connectivity index (χ0n) is 11.2. The molecule has 1 aromatic rings. The first-order valence-electron chi connectivity index (χ1n) is 7.36. The first-order chi connectivity index (χ1) is 8.86. The molecule has 2 fully saturated rings. The Balaban J connectivity index is 1.56. The summed E-state index contributed by atoms with van der Waals surface area (Å²) in [4.78, 5) is 0. The van der Waals surface area contributed by atoms with E-state index in [1.165, 1.54) is 31.4 Å². The third-order valence-electron chi connectivity index (χ3n) is 4.26. The minimum Gasteiger partial charge on any atom is -0.494 e. The molecule has 1 aromatic carbocycles. The van der Waals surface area contributed by atoms with E-state index in [0.29, 0.717) is 6.04 Å². The molecule has 0 radical (unpaired) electrons. The summed E-state index contributed by atoms with van der Waals surface area (Å²) < 4.78 is 5.60. The van der Waals surface area contributed by atoms with Crippen LogP contribution in [0.4, 0.5) is 5.69 Å². The Labute approximate surface area is 110 Å². The average molecular weight is 245 g/mol. The molecule has 0 aliphatic heterocycles. The molecule has 2 heteroatoms. The number of benzene rings is 1. The van der Waals surface area contributed by atoms with Gasteiger partial charge in [-0.05, 0) is 55.4 Å². The summed E-state index contributed by atoms with van der Waals surface area (Å²) in [6.45, 7) is 2.93. The van der Waals surface area contributed by atoms with Crippen molar-refractivity contribution >= 4 is 5.69 Å². The van der Waals surface area contributed by atoms with Crippen molar-refractivity contribution < 1.29 is 4.74 Å². The summed E-state index contributed by atoms with van der Waals surface area (Å²) in [6.07, 6.45) is 6.72. The summed E-state index contributed by atoms with van der Waals surface area (Å²) >= 11 is 0. The fourth-order valence-corrected chi connectivity index (χ4v) is 3.17. The van der Waals surface area contributed by atoms with Gasteiger partial charge in [0.1, 0.15) is 5.75 Å². The molecule has 0 spiro atoms. The predicted molar refractivity (Wildman–Crippen MR) is 75.1 cm³/mol. The molecular formula is C16H23NO. The van der Waals surface area contributed by atoms with Gasteiger partial charge in [0.25, 0.3) is 0 Å². The number of hydrogen-bond donors (Lipinski definition) is 1. The first kappa shape index (κ1) is 11.9. The average Bonchev–Trinajstić information content (AvgIpc) is 3.18. The summed E-state index contributed by atoms with van der Waals surface area (Å²) in [6, 6.07) is 9.16. The minimum atomic E-state index is 0.714. The van der Waals surface area contributed by atoms with Crippen molar-refractivity contribution in [3.63, 3.8) is 0 Å². The molecule has 3 atom stereocenters. The molecule has 2 aliphatic carbocycles. The van der Waals surface area contributed by atoms with Gasteiger partial charge in [0, 0.05) is 11.7 Å². The van der Waals surface area contributed by atoms with E-state index in [9.17, 15) is 0 Å². The quantitative estimate of drug-likeness (QED) is 0.844. The Morgan fingerprint density at radius 1 is 1.22 bits per heavy atom. The molecule has 1 N–H and O–H groups in total. The number of fused-ring (bicyclic) bond motifs is 1.